The Bertz CT molecular complexity index is 1240. The summed E-state index contributed by atoms with van der Waals surface area (Å²) in [6.45, 7) is 5.78. The van der Waals surface area contributed by atoms with Gasteiger partial charge in [-0.25, -0.2) is 4.39 Å². The molecule has 0 bridgehead atoms. The minimum Gasteiger partial charge on any atom is -0.491 e. The van der Waals surface area contributed by atoms with Gasteiger partial charge in [0.25, 0.3) is 0 Å². The number of rotatable bonds is 7. The van der Waals surface area contributed by atoms with E-state index in [1.807, 2.05) is 34.7 Å². The number of aryl methyl sites for hydroxylation is 1. The van der Waals surface area contributed by atoms with Crippen LogP contribution >= 0.6 is 11.6 Å². The van der Waals surface area contributed by atoms with E-state index in [9.17, 15) is 9.18 Å². The van der Waals surface area contributed by atoms with E-state index in [0.29, 0.717) is 30.5 Å². The number of hydrogen-bond donors (Lipinski definition) is 0. The number of amides is 1. The monoisotopic (exact) mass is 528 g/mol. The number of nitrogens with zero attached hydrogens (tertiary/aromatic N) is 4. The number of carbonyl (C=O) groups is 1. The van der Waals surface area contributed by atoms with Crippen LogP contribution in [0.25, 0.3) is 10.9 Å². The van der Waals surface area contributed by atoms with E-state index < -0.39 is 5.60 Å². The van der Waals surface area contributed by atoms with Crippen molar-refractivity contribution in [2.75, 3.05) is 59.5 Å². The Kier molecular flexibility index (Phi) is 7.72. The summed E-state index contributed by atoms with van der Waals surface area (Å²) in [6.07, 6.45) is 2.30. The highest BCUT2D eigenvalue weighted by Gasteiger charge is 2.41. The molecule has 2 aliphatic rings. The van der Waals surface area contributed by atoms with Crippen molar-refractivity contribution in [2.45, 2.75) is 18.6 Å². The van der Waals surface area contributed by atoms with Crippen molar-refractivity contribution in [3.05, 3.63) is 65.1 Å². The van der Waals surface area contributed by atoms with E-state index in [4.69, 9.17) is 21.1 Å². The van der Waals surface area contributed by atoms with Crippen molar-refractivity contribution in [2.24, 2.45) is 7.05 Å². The quantitative estimate of drug-likeness (QED) is 0.467. The van der Waals surface area contributed by atoms with Crippen LogP contribution in [0.5, 0.6) is 5.75 Å². The fourth-order valence-electron chi connectivity index (χ4n) is 5.31. The van der Waals surface area contributed by atoms with Crippen LogP contribution in [0, 0.1) is 5.82 Å². The number of carbonyl (C=O) groups excluding carboxylic acids is 1. The van der Waals surface area contributed by atoms with Crippen LogP contribution < -0.4 is 4.74 Å². The fourth-order valence-corrected chi connectivity index (χ4v) is 5.43. The van der Waals surface area contributed by atoms with Gasteiger partial charge in [0.2, 0.25) is 5.91 Å². The van der Waals surface area contributed by atoms with E-state index >= 15 is 0 Å². The molecule has 0 spiro atoms. The van der Waals surface area contributed by atoms with Gasteiger partial charge in [0.05, 0.1) is 13.0 Å². The predicted octanol–water partition coefficient (Wildman–Crippen LogP) is 3.78. The number of likely N-dealkylation sites (N-methyl/N-ethyl adjacent to an activating group) is 1. The summed E-state index contributed by atoms with van der Waals surface area (Å²) in [5.74, 6) is 0.522. The molecule has 0 saturated carbocycles. The molecule has 0 radical (unpaired) electrons. The molecule has 5 rings (SSSR count). The second-order valence-electron chi connectivity index (χ2n) is 10.3. The molecule has 0 N–H and O–H groups in total. The maximum absolute atomic E-state index is 14.0. The molecule has 2 fully saturated rings. The molecular weight excluding hydrogens is 495 g/mol. The van der Waals surface area contributed by atoms with Gasteiger partial charge in [-0.05, 0) is 55.1 Å². The second kappa shape index (κ2) is 11.0. The average molecular weight is 529 g/mol. The summed E-state index contributed by atoms with van der Waals surface area (Å²) in [5.41, 5.74) is 1.25. The fraction of sp³-hybridized carbons (Fsp3) is 0.464. The lowest BCUT2D eigenvalue weighted by atomic mass is 9.96. The minimum atomic E-state index is -0.797. The van der Waals surface area contributed by atoms with E-state index in [-0.39, 0.29) is 24.8 Å². The Hall–Kier alpha value is -2.65. The molecule has 2 saturated heterocycles. The Labute approximate surface area is 222 Å². The summed E-state index contributed by atoms with van der Waals surface area (Å²) in [4.78, 5) is 19.9. The third kappa shape index (κ3) is 6.09. The van der Waals surface area contributed by atoms with Gasteiger partial charge in [0.1, 0.15) is 23.8 Å². The van der Waals surface area contributed by atoms with Crippen molar-refractivity contribution in [3.8, 4) is 5.75 Å². The van der Waals surface area contributed by atoms with Crippen LogP contribution in [0.4, 0.5) is 4.39 Å². The third-order valence-electron chi connectivity index (χ3n) is 7.40. The standard InChI is InChI=1S/C28H34ClFN4O3/c1-31-9-11-34(12-10-31)27(35)16-28(20-36-24-6-3-22(29)4-7-24)19-33(13-14-37-28)18-21-17-32(2)26-8-5-23(30)15-25(21)26/h3-8,15,17H,9-14,16,18-20H2,1-2H3/t28-/m0/s1. The number of benzene rings is 2. The molecular formula is C28H34ClFN4O3. The predicted molar refractivity (Wildman–Crippen MR) is 142 cm³/mol. The number of ether oxygens (including phenoxy) is 2. The van der Waals surface area contributed by atoms with Gasteiger partial charge in [-0.1, -0.05) is 11.6 Å². The first kappa shape index (κ1) is 26.0. The first-order valence-electron chi connectivity index (χ1n) is 12.7. The molecule has 2 aromatic carbocycles. The van der Waals surface area contributed by atoms with Crippen LogP contribution in [0.2, 0.25) is 5.02 Å². The van der Waals surface area contributed by atoms with Gasteiger partial charge in [-0.15, -0.1) is 0 Å². The van der Waals surface area contributed by atoms with E-state index in [0.717, 1.165) is 49.2 Å². The zero-order chi connectivity index (χ0) is 26.0. The smallest absolute Gasteiger partial charge is 0.225 e. The SMILES string of the molecule is CN1CCN(C(=O)C[C@@]2(COc3ccc(Cl)cc3)CN(Cc3cn(C)c4ccc(F)cc34)CCO2)CC1. The lowest BCUT2D eigenvalue weighted by molar-refractivity contribution is -0.157. The summed E-state index contributed by atoms with van der Waals surface area (Å²) < 4.78 is 28.6. The summed E-state index contributed by atoms with van der Waals surface area (Å²) >= 11 is 6.04. The molecule has 37 heavy (non-hydrogen) atoms. The molecule has 7 nitrogen and oxygen atoms in total. The molecule has 1 aromatic heterocycles. The maximum atomic E-state index is 14.0. The molecule has 3 heterocycles. The Morgan fingerprint density at radius 3 is 2.59 bits per heavy atom. The van der Waals surface area contributed by atoms with Gasteiger partial charge in [-0.3, -0.25) is 9.69 Å². The number of aromatic nitrogens is 1. The number of halogens is 2. The molecule has 0 unspecified atom stereocenters. The highest BCUT2D eigenvalue weighted by atomic mass is 35.5. The molecule has 0 aliphatic carbocycles. The molecule has 3 aromatic rings. The van der Waals surface area contributed by atoms with E-state index in [1.54, 1.807) is 18.2 Å². The van der Waals surface area contributed by atoms with Crippen LogP contribution in [0.15, 0.2) is 48.7 Å². The van der Waals surface area contributed by atoms with Gasteiger partial charge >= 0.3 is 0 Å². The summed E-state index contributed by atoms with van der Waals surface area (Å²) in [6, 6.07) is 12.1. The molecule has 2 aliphatic heterocycles. The van der Waals surface area contributed by atoms with E-state index in [1.165, 1.54) is 6.07 Å². The van der Waals surface area contributed by atoms with Crippen molar-refractivity contribution >= 4 is 28.4 Å². The van der Waals surface area contributed by atoms with E-state index in [2.05, 4.69) is 23.0 Å². The Balaban J connectivity index is 1.35. The first-order chi connectivity index (χ1) is 17.8. The Morgan fingerprint density at radius 2 is 1.84 bits per heavy atom. The maximum Gasteiger partial charge on any atom is 0.225 e. The minimum absolute atomic E-state index is 0.0851. The topological polar surface area (TPSA) is 50.2 Å². The highest BCUT2D eigenvalue weighted by Crippen LogP contribution is 2.29. The van der Waals surface area contributed by atoms with Gasteiger partial charge in [0, 0.05) is 75.0 Å². The van der Waals surface area contributed by atoms with Crippen molar-refractivity contribution in [1.82, 2.24) is 19.3 Å². The largest absolute Gasteiger partial charge is 0.491 e. The van der Waals surface area contributed by atoms with Crippen LogP contribution in [-0.2, 0) is 23.1 Å². The van der Waals surface area contributed by atoms with Crippen molar-refractivity contribution in [3.63, 3.8) is 0 Å². The number of hydrogen-bond acceptors (Lipinski definition) is 5. The number of piperazine rings is 1. The summed E-state index contributed by atoms with van der Waals surface area (Å²) in [5, 5.41) is 1.55. The average Bonchev–Trinajstić information content (AvgIpc) is 3.18. The van der Waals surface area contributed by atoms with Gasteiger partial charge < -0.3 is 23.8 Å². The first-order valence-corrected chi connectivity index (χ1v) is 13.1. The lowest BCUT2D eigenvalue weighted by Gasteiger charge is -2.43. The van der Waals surface area contributed by atoms with Crippen LogP contribution in [0.3, 0.4) is 0 Å². The summed E-state index contributed by atoms with van der Waals surface area (Å²) in [7, 11) is 4.05. The number of morpholine rings is 1. The van der Waals surface area contributed by atoms with Gasteiger partial charge in [0.15, 0.2) is 0 Å². The lowest BCUT2D eigenvalue weighted by Crippen LogP contribution is -2.58. The molecule has 9 heteroatoms. The normalized spacial score (nSPS) is 21.5. The van der Waals surface area contributed by atoms with Crippen LogP contribution in [-0.4, -0.2) is 90.3 Å². The van der Waals surface area contributed by atoms with Crippen molar-refractivity contribution in [1.29, 1.82) is 0 Å². The second-order valence-corrected chi connectivity index (χ2v) is 10.7. The molecule has 198 valence electrons. The number of fused-ring (bicyclic) bond motifs is 1. The van der Waals surface area contributed by atoms with Gasteiger partial charge in [-0.2, -0.15) is 0 Å². The third-order valence-corrected chi connectivity index (χ3v) is 7.65. The van der Waals surface area contributed by atoms with Crippen molar-refractivity contribution < 1.29 is 18.7 Å². The van der Waals surface area contributed by atoms with Crippen LogP contribution in [0.1, 0.15) is 12.0 Å². The molecule has 1 atom stereocenters. The zero-order valence-corrected chi connectivity index (χ0v) is 22.2. The Morgan fingerprint density at radius 1 is 1.08 bits per heavy atom. The zero-order valence-electron chi connectivity index (χ0n) is 21.5. The molecule has 1 amide bonds. The highest BCUT2D eigenvalue weighted by molar-refractivity contribution is 6.30.